The van der Waals surface area contributed by atoms with Crippen LogP contribution in [-0.4, -0.2) is 25.6 Å². The quantitative estimate of drug-likeness (QED) is 0.715. The number of halogens is 2. The maximum atomic E-state index is 10.5. The summed E-state index contributed by atoms with van der Waals surface area (Å²) in [6, 6.07) is 12.8. The molecule has 0 saturated carbocycles. The molecule has 0 amide bonds. The minimum atomic E-state index is -1.15. The van der Waals surface area contributed by atoms with Crippen LogP contribution < -0.4 is 0 Å². The van der Waals surface area contributed by atoms with Crippen LogP contribution in [-0.2, 0) is 0 Å². The van der Waals surface area contributed by atoms with Crippen LogP contribution in [0.5, 0.6) is 0 Å². The Bertz CT molecular complexity index is 980. The third-order valence-electron chi connectivity index (χ3n) is 3.92. The predicted octanol–water partition coefficient (Wildman–Crippen LogP) is 3.72. The lowest BCUT2D eigenvalue weighted by molar-refractivity contribution is 0.177. The first-order valence-corrected chi connectivity index (χ1v) is 8.05. The molecule has 24 heavy (non-hydrogen) atoms. The van der Waals surface area contributed by atoms with Crippen LogP contribution in [0.2, 0.25) is 10.0 Å². The van der Waals surface area contributed by atoms with Gasteiger partial charge in [0.05, 0.1) is 11.4 Å². The van der Waals surface area contributed by atoms with Gasteiger partial charge in [0.15, 0.2) is 5.82 Å². The van der Waals surface area contributed by atoms with E-state index in [2.05, 4.69) is 15.2 Å². The van der Waals surface area contributed by atoms with Gasteiger partial charge in [0.25, 0.3) is 0 Å². The molecule has 3 aromatic rings. The smallest absolute Gasteiger partial charge is 0.207 e. The third-order valence-corrected chi connectivity index (χ3v) is 4.48. The number of fused-ring (bicyclic) bond motifs is 3. The van der Waals surface area contributed by atoms with Crippen molar-refractivity contribution in [2.24, 2.45) is 4.99 Å². The highest BCUT2D eigenvalue weighted by Crippen LogP contribution is 2.32. The van der Waals surface area contributed by atoms with Crippen molar-refractivity contribution in [2.45, 2.75) is 13.2 Å². The lowest BCUT2D eigenvalue weighted by Gasteiger charge is -2.13. The number of aliphatic hydroxyl groups is 1. The zero-order chi connectivity index (χ0) is 16.8. The van der Waals surface area contributed by atoms with Crippen molar-refractivity contribution in [3.8, 4) is 5.69 Å². The van der Waals surface area contributed by atoms with Crippen LogP contribution in [0.3, 0.4) is 0 Å². The van der Waals surface area contributed by atoms with Gasteiger partial charge in [0.2, 0.25) is 6.23 Å². The van der Waals surface area contributed by atoms with Crippen molar-refractivity contribution in [1.29, 1.82) is 0 Å². The van der Waals surface area contributed by atoms with Gasteiger partial charge in [-0.15, -0.1) is 10.2 Å². The standard InChI is InChI=1S/C17H12Cl2N4O/c1-9-21-22-16-17(24)20-15(11-4-2-3-5-13(11)19)12-8-10(18)6-7-14(12)23(9)16/h2-8,17,24H,1H3/i6+1,7+1,8+1,10+1,12+1,14+1. The second kappa shape index (κ2) is 5.70. The number of hydrogen-bond donors (Lipinski definition) is 1. The number of nitrogens with zero attached hydrogens (tertiary/aromatic N) is 4. The van der Waals surface area contributed by atoms with Gasteiger partial charge in [-0.3, -0.25) is 4.57 Å². The largest absolute Gasteiger partial charge is 0.365 e. The van der Waals surface area contributed by atoms with E-state index in [0.29, 0.717) is 27.4 Å². The summed E-state index contributed by atoms with van der Waals surface area (Å²) < 4.78 is 1.78. The molecule has 2 aromatic carbocycles. The first-order valence-electron chi connectivity index (χ1n) is 7.29. The van der Waals surface area contributed by atoms with E-state index < -0.39 is 6.23 Å². The Morgan fingerprint density at radius 1 is 1.04 bits per heavy atom. The Kier molecular flexibility index (Phi) is 3.64. The molecule has 7 heteroatoms. The van der Waals surface area contributed by atoms with E-state index in [1.807, 2.05) is 31.2 Å². The summed E-state index contributed by atoms with van der Waals surface area (Å²) in [5.74, 6) is 1.02. The number of benzene rings is 2. The number of aromatic nitrogens is 3. The fourth-order valence-corrected chi connectivity index (χ4v) is 3.25. The van der Waals surface area contributed by atoms with Gasteiger partial charge in [-0.2, -0.15) is 0 Å². The van der Waals surface area contributed by atoms with Crippen molar-refractivity contribution in [2.75, 3.05) is 0 Å². The first kappa shape index (κ1) is 15.3. The molecular formula is C17H12Cl2N4O. The van der Waals surface area contributed by atoms with E-state index in [4.69, 9.17) is 23.2 Å². The fraction of sp³-hybridized carbons (Fsp3) is 0.118. The molecule has 2 heterocycles. The summed E-state index contributed by atoms with van der Waals surface area (Å²) in [6.07, 6.45) is -1.15. The van der Waals surface area contributed by atoms with Crippen LogP contribution in [0.25, 0.3) is 5.69 Å². The van der Waals surface area contributed by atoms with E-state index >= 15 is 0 Å². The summed E-state index contributed by atoms with van der Waals surface area (Å²) in [4.78, 5) is 4.45. The van der Waals surface area contributed by atoms with Crippen molar-refractivity contribution in [3.05, 3.63) is 75.3 Å². The average molecular weight is 365 g/mol. The number of aliphatic imine (C=N–C) groups is 1. The molecule has 0 spiro atoms. The Hall–Kier alpha value is -2.21. The van der Waals surface area contributed by atoms with Crippen molar-refractivity contribution in [1.82, 2.24) is 14.8 Å². The Morgan fingerprint density at radius 2 is 1.83 bits per heavy atom. The number of aliphatic hydroxyl groups excluding tert-OH is 1. The van der Waals surface area contributed by atoms with Crippen LogP contribution >= 0.6 is 23.2 Å². The third kappa shape index (κ3) is 2.33. The van der Waals surface area contributed by atoms with Gasteiger partial charge in [0, 0.05) is 21.2 Å². The first-order chi connectivity index (χ1) is 11.6. The topological polar surface area (TPSA) is 63.3 Å². The normalized spacial score (nSPS) is 16.2. The molecule has 0 saturated heterocycles. The van der Waals surface area contributed by atoms with E-state index in [1.54, 1.807) is 22.8 Å². The van der Waals surface area contributed by atoms with Crippen LogP contribution in [0.1, 0.15) is 29.0 Å². The molecule has 0 aliphatic carbocycles. The molecule has 1 aliphatic heterocycles. The minimum absolute atomic E-state index is 0.359. The molecule has 4 rings (SSSR count). The van der Waals surface area contributed by atoms with E-state index in [-0.39, 0.29) is 0 Å². The zero-order valence-corrected chi connectivity index (χ0v) is 14.1. The summed E-state index contributed by atoms with van der Waals surface area (Å²) in [7, 11) is 0. The second-order valence-electron chi connectivity index (χ2n) is 5.43. The molecule has 1 aromatic heterocycles. The van der Waals surface area contributed by atoms with Gasteiger partial charge in [0.1, 0.15) is 5.82 Å². The highest BCUT2D eigenvalue weighted by molar-refractivity contribution is 6.36. The van der Waals surface area contributed by atoms with E-state index in [9.17, 15) is 5.11 Å². The van der Waals surface area contributed by atoms with Gasteiger partial charge in [-0.05, 0) is 31.2 Å². The minimum Gasteiger partial charge on any atom is -0.365 e. The molecular weight excluding hydrogens is 353 g/mol. The summed E-state index contributed by atoms with van der Waals surface area (Å²) in [6.45, 7) is 1.82. The number of rotatable bonds is 1. The van der Waals surface area contributed by atoms with Crippen LogP contribution in [0.4, 0.5) is 0 Å². The molecule has 1 unspecified atom stereocenters. The van der Waals surface area contributed by atoms with Crippen LogP contribution in [0.15, 0.2) is 47.5 Å². The molecule has 1 N–H and O–H groups in total. The number of hydrogen-bond acceptors (Lipinski definition) is 4. The molecule has 0 bridgehead atoms. The van der Waals surface area contributed by atoms with Gasteiger partial charge in [-0.25, -0.2) is 4.99 Å². The SMILES string of the molecule is Cc1nnc2n1-[13c]1[13cH][13cH][13c](Cl)[13cH][13c]1C(c1ccccc1Cl)=NC2O. The molecule has 0 fully saturated rings. The molecule has 0 radical (unpaired) electrons. The summed E-state index contributed by atoms with van der Waals surface area (Å²) >= 11 is 12.6. The lowest BCUT2D eigenvalue weighted by Crippen LogP contribution is -2.08. The zero-order valence-electron chi connectivity index (χ0n) is 12.6. The van der Waals surface area contributed by atoms with Crippen molar-refractivity contribution >= 4 is 28.9 Å². The Morgan fingerprint density at radius 3 is 2.62 bits per heavy atom. The van der Waals surface area contributed by atoms with Crippen molar-refractivity contribution < 1.29 is 5.11 Å². The highest BCUT2D eigenvalue weighted by atomic mass is 35.5. The fourth-order valence-electron chi connectivity index (χ4n) is 2.85. The van der Waals surface area contributed by atoms with E-state index in [1.165, 1.54) is 0 Å². The number of aryl methyl sites for hydroxylation is 1. The molecule has 120 valence electrons. The second-order valence-corrected chi connectivity index (χ2v) is 6.28. The van der Waals surface area contributed by atoms with Crippen molar-refractivity contribution in [3.63, 3.8) is 0 Å². The van der Waals surface area contributed by atoms with E-state index in [0.717, 1.165) is 16.8 Å². The lowest BCUT2D eigenvalue weighted by atomic mass is 10.2. The molecule has 5 nitrogen and oxygen atoms in total. The Labute approximate surface area is 148 Å². The average Bonchev–Trinajstić information content (AvgIpc) is 2.89. The molecule has 1 aliphatic rings. The monoisotopic (exact) mass is 364 g/mol. The summed E-state index contributed by atoms with van der Waals surface area (Å²) in [5, 5.41) is 19.8. The predicted molar refractivity (Wildman–Crippen MR) is 93.2 cm³/mol. The van der Waals surface area contributed by atoms with Gasteiger partial charge >= 0.3 is 0 Å². The maximum Gasteiger partial charge on any atom is 0.207 e. The van der Waals surface area contributed by atoms with Crippen LogP contribution in [0, 0.1) is 6.92 Å². The molecule has 1 atom stereocenters. The van der Waals surface area contributed by atoms with Gasteiger partial charge < -0.3 is 5.11 Å². The maximum absolute atomic E-state index is 10.5. The Balaban J connectivity index is 2.07. The van der Waals surface area contributed by atoms with Gasteiger partial charge in [-0.1, -0.05) is 41.4 Å². The highest BCUT2D eigenvalue weighted by Gasteiger charge is 2.27. The summed E-state index contributed by atoms with van der Waals surface area (Å²) in [5.41, 5.74) is 2.84.